The highest BCUT2D eigenvalue weighted by Crippen LogP contribution is 2.20. The molecule has 1 aromatic carbocycles. The second-order valence-corrected chi connectivity index (χ2v) is 21.6. The van der Waals surface area contributed by atoms with Gasteiger partial charge in [0.1, 0.15) is 36.9 Å². The van der Waals surface area contributed by atoms with Crippen molar-refractivity contribution in [2.24, 2.45) is 11.8 Å². The maximum Gasteiger partial charge on any atom is 0.320 e. The number of fused-ring (bicyclic) bond motifs is 2. The third-order valence-corrected chi connectivity index (χ3v) is 14.0. The number of urea groups is 2. The summed E-state index contributed by atoms with van der Waals surface area (Å²) < 4.78 is 10.9. The summed E-state index contributed by atoms with van der Waals surface area (Å²) >= 11 is 0. The van der Waals surface area contributed by atoms with Gasteiger partial charge in [-0.15, -0.1) is 0 Å². The lowest BCUT2D eigenvalue weighted by Gasteiger charge is -2.31. The summed E-state index contributed by atoms with van der Waals surface area (Å²) in [7, 11) is 3.01. The van der Waals surface area contributed by atoms with Gasteiger partial charge in [-0.05, 0) is 97.5 Å². The quantitative estimate of drug-likeness (QED) is 0.0165. The number of carbonyl (C=O) groups is 8. The molecule has 0 unspecified atom stereocenters. The van der Waals surface area contributed by atoms with Gasteiger partial charge in [-0.3, -0.25) is 39.4 Å². The second kappa shape index (κ2) is 35.0. The van der Waals surface area contributed by atoms with Gasteiger partial charge in [-0.25, -0.2) is 29.5 Å². The average Bonchev–Trinajstić information content (AvgIpc) is 3.59. The number of anilines is 2. The van der Waals surface area contributed by atoms with Crippen molar-refractivity contribution >= 4 is 81.3 Å². The van der Waals surface area contributed by atoms with Crippen LogP contribution < -0.4 is 31.9 Å². The minimum atomic E-state index is -0.911. The molecule has 8 amide bonds. The van der Waals surface area contributed by atoms with Crippen molar-refractivity contribution in [1.82, 2.24) is 51.0 Å². The van der Waals surface area contributed by atoms with Crippen LogP contribution in [0.3, 0.4) is 0 Å². The van der Waals surface area contributed by atoms with Gasteiger partial charge in [0.15, 0.2) is 11.3 Å². The molecule has 84 heavy (non-hydrogen) atoms. The van der Waals surface area contributed by atoms with Crippen molar-refractivity contribution in [3.05, 3.63) is 95.3 Å². The van der Waals surface area contributed by atoms with Gasteiger partial charge >= 0.3 is 24.0 Å². The minimum absolute atomic E-state index is 0.0508. The van der Waals surface area contributed by atoms with Crippen LogP contribution in [0.4, 0.5) is 21.2 Å². The van der Waals surface area contributed by atoms with Gasteiger partial charge in [0.2, 0.25) is 11.8 Å². The SMILES string of the molecule is CCCCCCCCNC(=O)Nc1ccc2ccc(COC(=O)CCNC(=O)[C@H](C(C)C)N(C)C(=O)c3ccc(C(=O)N(C)[C@H](C(=O)NCCC(=O)OCc4ccc5ccc(NC(=O)NCCCCCCCC)nc5n4)C(C)C)cc3)nc2n1. The lowest BCUT2D eigenvalue weighted by atomic mass is 9.99. The zero-order chi connectivity index (χ0) is 61.0. The molecule has 4 heterocycles. The van der Waals surface area contributed by atoms with Crippen LogP contribution in [-0.2, 0) is 41.9 Å². The molecule has 5 rings (SSSR count). The minimum Gasteiger partial charge on any atom is -0.459 e. The van der Waals surface area contributed by atoms with Crippen molar-refractivity contribution in [2.45, 2.75) is 157 Å². The van der Waals surface area contributed by atoms with Crippen molar-refractivity contribution in [1.29, 1.82) is 0 Å². The topological polar surface area (TPSA) is 285 Å². The number of pyridine rings is 4. The number of ether oxygens (including phenoxy) is 2. The molecule has 0 radical (unpaired) electrons. The number of hydrogen-bond acceptors (Lipinski definition) is 14. The molecular weight excluding hydrogens is 1070 g/mol. The van der Waals surface area contributed by atoms with Gasteiger partial charge in [0, 0.05) is 62.2 Å². The number of benzene rings is 1. The fourth-order valence-corrected chi connectivity index (χ4v) is 9.42. The first-order chi connectivity index (χ1) is 40.4. The molecule has 4 aromatic heterocycles. The van der Waals surface area contributed by atoms with Gasteiger partial charge < -0.3 is 40.5 Å². The molecule has 0 aliphatic carbocycles. The number of amides is 8. The van der Waals surface area contributed by atoms with Gasteiger partial charge in [-0.2, -0.15) is 0 Å². The summed E-state index contributed by atoms with van der Waals surface area (Å²) in [6.07, 6.45) is 13.1. The first kappa shape index (κ1) is 66.5. The summed E-state index contributed by atoms with van der Waals surface area (Å²) in [5.74, 6) is -3.04. The number of hydrogen-bond donors (Lipinski definition) is 6. The zero-order valence-electron chi connectivity index (χ0n) is 50.1. The predicted octanol–water partition coefficient (Wildman–Crippen LogP) is 9.23. The molecule has 0 aliphatic heterocycles. The molecule has 6 N–H and O–H groups in total. The lowest BCUT2D eigenvalue weighted by Crippen LogP contribution is -2.51. The van der Waals surface area contributed by atoms with E-state index >= 15 is 0 Å². The summed E-state index contributed by atoms with van der Waals surface area (Å²) in [4.78, 5) is 126. The van der Waals surface area contributed by atoms with E-state index in [-0.39, 0.29) is 74.2 Å². The Morgan fingerprint density at radius 2 is 0.798 bits per heavy atom. The monoisotopic (exact) mass is 1160 g/mol. The molecule has 22 nitrogen and oxygen atoms in total. The molecule has 5 aromatic rings. The summed E-state index contributed by atoms with van der Waals surface area (Å²) in [6, 6.07) is 17.3. The van der Waals surface area contributed by atoms with E-state index in [2.05, 4.69) is 65.7 Å². The standard InChI is InChI=1S/C62H86N12O10/c1-9-11-13-15-17-19-35-65-61(81)71-49-31-27-43-25-29-47(67-55(43)69-49)39-83-51(75)33-37-63-57(77)53(41(3)4)73(7)59(79)45-21-23-46(24-22-45)60(80)74(8)54(42(5)6)58(78)64-38-34-52(76)84-40-48-30-26-44-28-32-50(70-56(44)68-48)72-62(82)66-36-20-18-16-14-12-10-2/h21-32,41-42,53-54H,9-20,33-40H2,1-8H3,(H,63,77)(H,64,78)(H2,65,67,69,71,81)(H2,66,68,70,72,82)/t53-,54-/m0/s1. The number of unbranched alkanes of at least 4 members (excludes halogenated alkanes) is 10. The van der Waals surface area contributed by atoms with E-state index in [1.165, 1.54) is 86.7 Å². The van der Waals surface area contributed by atoms with Crippen LogP contribution in [0.5, 0.6) is 0 Å². The molecule has 2 atom stereocenters. The van der Waals surface area contributed by atoms with Crippen molar-refractivity contribution < 1.29 is 47.8 Å². The second-order valence-electron chi connectivity index (χ2n) is 21.6. The van der Waals surface area contributed by atoms with Crippen LogP contribution in [0.2, 0.25) is 0 Å². The van der Waals surface area contributed by atoms with E-state index in [0.29, 0.717) is 47.4 Å². The smallest absolute Gasteiger partial charge is 0.320 e. The van der Waals surface area contributed by atoms with Crippen LogP contribution in [0.25, 0.3) is 22.1 Å². The number of esters is 2. The Balaban J connectivity index is 1.03. The summed E-state index contributed by atoms with van der Waals surface area (Å²) in [5, 5.41) is 18.2. The number of rotatable bonds is 34. The zero-order valence-corrected chi connectivity index (χ0v) is 50.1. The first-order valence-electron chi connectivity index (χ1n) is 29.5. The Morgan fingerprint density at radius 1 is 0.440 bits per heavy atom. The van der Waals surface area contributed by atoms with E-state index in [4.69, 9.17) is 9.47 Å². The Kier molecular flexibility index (Phi) is 27.7. The molecular formula is C62H86N12O10. The van der Waals surface area contributed by atoms with Crippen molar-refractivity contribution in [2.75, 3.05) is 50.9 Å². The number of likely N-dealkylation sites (N-methyl/N-ethyl adjacent to an activating group) is 2. The van der Waals surface area contributed by atoms with Crippen LogP contribution in [0, 0.1) is 11.8 Å². The van der Waals surface area contributed by atoms with Crippen molar-refractivity contribution in [3.8, 4) is 0 Å². The van der Waals surface area contributed by atoms with E-state index in [9.17, 15) is 38.4 Å². The Labute approximate surface area is 493 Å². The molecule has 0 saturated carbocycles. The maximum atomic E-state index is 13.8. The Hall–Kier alpha value is -8.30. The van der Waals surface area contributed by atoms with E-state index in [1.807, 2.05) is 0 Å². The maximum absolute atomic E-state index is 13.8. The molecule has 0 fully saturated rings. The van der Waals surface area contributed by atoms with E-state index in [1.54, 1.807) is 76.2 Å². The first-order valence-corrected chi connectivity index (χ1v) is 29.5. The number of nitrogens with zero attached hydrogens (tertiary/aromatic N) is 6. The lowest BCUT2D eigenvalue weighted by molar-refractivity contribution is -0.146. The van der Waals surface area contributed by atoms with E-state index in [0.717, 1.165) is 49.3 Å². The van der Waals surface area contributed by atoms with Gasteiger partial charge in [0.25, 0.3) is 11.8 Å². The number of aromatic nitrogens is 4. The average molecular weight is 1160 g/mol. The molecule has 0 saturated heterocycles. The normalized spacial score (nSPS) is 11.8. The fraction of sp³-hybridized carbons (Fsp3) is 0.516. The number of nitrogens with one attached hydrogen (secondary N) is 6. The van der Waals surface area contributed by atoms with Crippen LogP contribution in [0.15, 0.2) is 72.8 Å². The summed E-state index contributed by atoms with van der Waals surface area (Å²) in [6.45, 7) is 12.3. The molecule has 454 valence electrons. The summed E-state index contributed by atoms with van der Waals surface area (Å²) in [5.41, 5.74) is 2.05. The van der Waals surface area contributed by atoms with Gasteiger partial charge in [0.05, 0.1) is 24.2 Å². The van der Waals surface area contributed by atoms with Crippen LogP contribution in [0.1, 0.15) is 164 Å². The molecule has 0 aliphatic rings. The molecule has 0 spiro atoms. The number of carbonyl (C=O) groups excluding carboxylic acids is 8. The Bertz CT molecular complexity index is 2790. The highest BCUT2D eigenvalue weighted by molar-refractivity contribution is 6.01. The Morgan fingerprint density at radius 3 is 1.17 bits per heavy atom. The third-order valence-electron chi connectivity index (χ3n) is 14.0. The third kappa shape index (κ3) is 21.8. The predicted molar refractivity (Wildman–Crippen MR) is 323 cm³/mol. The van der Waals surface area contributed by atoms with E-state index < -0.39 is 47.7 Å². The fourth-order valence-electron chi connectivity index (χ4n) is 9.42. The highest BCUT2D eigenvalue weighted by Gasteiger charge is 2.32. The highest BCUT2D eigenvalue weighted by atomic mass is 16.5. The van der Waals surface area contributed by atoms with Crippen LogP contribution in [-0.4, -0.2) is 130 Å². The largest absolute Gasteiger partial charge is 0.459 e. The van der Waals surface area contributed by atoms with Crippen LogP contribution >= 0.6 is 0 Å². The van der Waals surface area contributed by atoms with Gasteiger partial charge in [-0.1, -0.05) is 106 Å². The van der Waals surface area contributed by atoms with Crippen molar-refractivity contribution in [3.63, 3.8) is 0 Å². The molecule has 0 bridgehead atoms. The molecule has 22 heteroatoms.